The lowest BCUT2D eigenvalue weighted by atomic mass is 10.1. The molecule has 1 aromatic heterocycles. The predicted molar refractivity (Wildman–Crippen MR) is 97.9 cm³/mol. The van der Waals surface area contributed by atoms with E-state index in [4.69, 9.17) is 0 Å². The molecule has 6 heteroatoms. The molecule has 26 heavy (non-hydrogen) atoms. The van der Waals surface area contributed by atoms with Gasteiger partial charge in [-0.05, 0) is 29.7 Å². The molecule has 3 aromatic rings. The molecule has 0 spiro atoms. The maximum atomic E-state index is 14.3. The highest BCUT2D eigenvalue weighted by Crippen LogP contribution is 2.27. The second-order valence-electron chi connectivity index (χ2n) is 6.00. The molecule has 0 unspecified atom stereocenters. The van der Waals surface area contributed by atoms with Crippen molar-refractivity contribution in [2.45, 2.75) is 0 Å². The largest absolute Gasteiger partial charge is 0.234 e. The Morgan fingerprint density at radius 3 is 2.31 bits per heavy atom. The number of nitrogens with zero attached hydrogens (tertiary/aromatic N) is 4. The van der Waals surface area contributed by atoms with E-state index in [1.807, 2.05) is 30.3 Å². The molecule has 0 fully saturated rings. The van der Waals surface area contributed by atoms with Crippen LogP contribution in [0.25, 0.3) is 21.5 Å². The van der Waals surface area contributed by atoms with Gasteiger partial charge in [0.2, 0.25) is 0 Å². The summed E-state index contributed by atoms with van der Waals surface area (Å²) in [5, 5.41) is 2.09. The highest BCUT2D eigenvalue weighted by atomic mass is 19.1. The van der Waals surface area contributed by atoms with Crippen molar-refractivity contribution in [1.82, 2.24) is 9.97 Å². The summed E-state index contributed by atoms with van der Waals surface area (Å²) in [6, 6.07) is 13.3. The molecule has 3 heterocycles. The van der Waals surface area contributed by atoms with Crippen molar-refractivity contribution in [1.29, 1.82) is 0 Å². The third-order valence-electron chi connectivity index (χ3n) is 4.20. The SMILES string of the molecule is Fc1cc(F)c2cc1cc1nc(c3cccc(cc4nc2N=C4)c3)N=C1. The van der Waals surface area contributed by atoms with Crippen molar-refractivity contribution in [2.24, 2.45) is 9.98 Å². The second-order valence-corrected chi connectivity index (χ2v) is 6.00. The van der Waals surface area contributed by atoms with Crippen LogP contribution in [-0.4, -0.2) is 22.4 Å². The standard InChI is InChI=1S/C20H10F2N4/c21-17-8-18(22)16-7-13(17)6-15-10-23-19(25-15)12-3-1-2-11(4-12)5-14-9-24-20(16)26-14/h1-10H. The molecule has 4 nitrogen and oxygen atoms in total. The minimum atomic E-state index is -0.708. The van der Waals surface area contributed by atoms with Gasteiger partial charge in [0.15, 0.2) is 11.6 Å². The Balaban J connectivity index is 1.99. The molecule has 124 valence electrons. The zero-order valence-corrected chi connectivity index (χ0v) is 13.3. The fourth-order valence-corrected chi connectivity index (χ4v) is 2.97. The summed E-state index contributed by atoms with van der Waals surface area (Å²) in [5.74, 6) is -0.630. The fraction of sp³-hybridized carbons (Fsp3) is 0. The normalized spacial score (nSPS) is 12.7. The minimum absolute atomic E-state index is 0.142. The molecule has 2 aliphatic heterocycles. The topological polar surface area (TPSA) is 50.5 Å². The fourth-order valence-electron chi connectivity index (χ4n) is 2.97. The lowest BCUT2D eigenvalue weighted by Gasteiger charge is -1.98. The highest BCUT2D eigenvalue weighted by molar-refractivity contribution is 5.92. The van der Waals surface area contributed by atoms with Crippen LogP contribution in [-0.2, 0) is 0 Å². The van der Waals surface area contributed by atoms with Crippen LogP contribution in [0.2, 0.25) is 0 Å². The third kappa shape index (κ3) is 2.43. The number of fused-ring (bicyclic) bond motifs is 10. The number of benzene rings is 2. The van der Waals surface area contributed by atoms with Crippen molar-refractivity contribution >= 4 is 45.6 Å². The van der Waals surface area contributed by atoms with Crippen LogP contribution in [0, 0.1) is 11.6 Å². The van der Waals surface area contributed by atoms with Gasteiger partial charge in [-0.25, -0.2) is 28.7 Å². The van der Waals surface area contributed by atoms with E-state index in [0.29, 0.717) is 17.2 Å². The summed E-state index contributed by atoms with van der Waals surface area (Å²) in [5.41, 5.74) is 1.08. The maximum Gasteiger partial charge on any atom is 0.162 e. The molecule has 5 rings (SSSR count). The molecule has 0 saturated carbocycles. The Labute approximate surface area is 146 Å². The van der Waals surface area contributed by atoms with E-state index in [2.05, 4.69) is 20.0 Å². The first kappa shape index (κ1) is 14.8. The summed E-state index contributed by atoms with van der Waals surface area (Å²) >= 11 is 0. The van der Waals surface area contributed by atoms with Crippen molar-refractivity contribution < 1.29 is 8.78 Å². The van der Waals surface area contributed by atoms with Gasteiger partial charge in [0.05, 0.1) is 29.2 Å². The molecule has 0 radical (unpaired) electrons. The average molecular weight is 344 g/mol. The van der Waals surface area contributed by atoms with E-state index in [1.165, 1.54) is 12.1 Å². The maximum absolute atomic E-state index is 14.3. The predicted octanol–water partition coefficient (Wildman–Crippen LogP) is 4.88. The third-order valence-corrected chi connectivity index (χ3v) is 4.20. The smallest absolute Gasteiger partial charge is 0.162 e. The first-order valence-electron chi connectivity index (χ1n) is 7.94. The number of rotatable bonds is 0. The van der Waals surface area contributed by atoms with Gasteiger partial charge in [-0.1, -0.05) is 18.2 Å². The van der Waals surface area contributed by atoms with Gasteiger partial charge in [-0.3, -0.25) is 0 Å². The Morgan fingerprint density at radius 1 is 0.654 bits per heavy atom. The molecular weight excluding hydrogens is 334 g/mol. The summed E-state index contributed by atoms with van der Waals surface area (Å²) < 4.78 is 28.5. The molecule has 2 aromatic carbocycles. The second kappa shape index (κ2) is 5.49. The van der Waals surface area contributed by atoms with E-state index >= 15 is 0 Å². The number of halogens is 2. The van der Waals surface area contributed by atoms with Crippen LogP contribution >= 0.6 is 0 Å². The molecule has 2 aliphatic rings. The average Bonchev–Trinajstić information content (AvgIpc) is 3.27. The number of aromatic nitrogens is 2. The highest BCUT2D eigenvalue weighted by Gasteiger charge is 2.11. The Bertz CT molecular complexity index is 1260. The van der Waals surface area contributed by atoms with E-state index in [9.17, 15) is 8.78 Å². The van der Waals surface area contributed by atoms with Crippen LogP contribution in [0.4, 0.5) is 20.4 Å². The van der Waals surface area contributed by atoms with Gasteiger partial charge in [-0.15, -0.1) is 0 Å². The van der Waals surface area contributed by atoms with E-state index in [1.54, 1.807) is 12.4 Å². The zero-order valence-electron chi connectivity index (χ0n) is 13.3. The van der Waals surface area contributed by atoms with Crippen molar-refractivity contribution in [3.05, 3.63) is 71.6 Å². The van der Waals surface area contributed by atoms with Crippen molar-refractivity contribution in [3.63, 3.8) is 0 Å². The van der Waals surface area contributed by atoms with Crippen LogP contribution in [0.15, 0.2) is 58.5 Å². The van der Waals surface area contributed by atoms with Crippen molar-refractivity contribution in [2.75, 3.05) is 0 Å². The summed E-state index contributed by atoms with van der Waals surface area (Å²) in [6.45, 7) is 0. The van der Waals surface area contributed by atoms with E-state index in [0.717, 1.165) is 16.8 Å². The zero-order chi connectivity index (χ0) is 17.7. The summed E-state index contributed by atoms with van der Waals surface area (Å²) in [7, 11) is 0. The number of aliphatic imine (C=N–C) groups is 2. The van der Waals surface area contributed by atoms with Crippen LogP contribution < -0.4 is 0 Å². The number of hydrogen-bond acceptors (Lipinski definition) is 4. The lowest BCUT2D eigenvalue weighted by Crippen LogP contribution is -1.85. The molecule has 0 N–H and O–H groups in total. The first-order chi connectivity index (χ1) is 12.7. The molecular formula is C20H10F2N4. The summed E-state index contributed by atoms with van der Waals surface area (Å²) in [6.07, 6.45) is 3.12. The Morgan fingerprint density at radius 2 is 1.42 bits per heavy atom. The van der Waals surface area contributed by atoms with Crippen LogP contribution in [0.3, 0.4) is 0 Å². The van der Waals surface area contributed by atoms with Gasteiger partial charge in [-0.2, -0.15) is 0 Å². The van der Waals surface area contributed by atoms with Gasteiger partial charge in [0.1, 0.15) is 11.6 Å². The molecule has 8 bridgehead atoms. The van der Waals surface area contributed by atoms with Crippen molar-refractivity contribution in [3.8, 4) is 0 Å². The number of hydrogen-bond donors (Lipinski definition) is 0. The van der Waals surface area contributed by atoms with Crippen LogP contribution in [0.1, 0.15) is 11.4 Å². The molecule has 0 saturated heterocycles. The summed E-state index contributed by atoms with van der Waals surface area (Å²) in [4.78, 5) is 17.3. The first-order valence-corrected chi connectivity index (χ1v) is 7.94. The van der Waals surface area contributed by atoms with Gasteiger partial charge >= 0.3 is 0 Å². The monoisotopic (exact) mass is 344 g/mol. The van der Waals surface area contributed by atoms with Crippen LogP contribution in [0.5, 0.6) is 0 Å². The molecule has 0 atom stereocenters. The quantitative estimate of drug-likeness (QED) is 0.402. The van der Waals surface area contributed by atoms with Gasteiger partial charge < -0.3 is 0 Å². The van der Waals surface area contributed by atoms with Gasteiger partial charge in [0.25, 0.3) is 0 Å². The Kier molecular flexibility index (Phi) is 3.12. The molecule has 0 aliphatic carbocycles. The van der Waals surface area contributed by atoms with E-state index < -0.39 is 11.6 Å². The van der Waals surface area contributed by atoms with Gasteiger partial charge in [0, 0.05) is 16.8 Å². The van der Waals surface area contributed by atoms with E-state index in [-0.39, 0.29) is 16.6 Å². The molecule has 0 amide bonds. The Hall–Kier alpha value is -3.54. The minimum Gasteiger partial charge on any atom is -0.234 e. The lowest BCUT2D eigenvalue weighted by molar-refractivity contribution is 0.597.